The number of rotatable bonds is 6. The number of urea groups is 1. The fraction of sp³-hybridized carbons (Fsp3) is 0.182. The number of pyridine rings is 2. The lowest BCUT2D eigenvalue weighted by Gasteiger charge is -2.11. The van der Waals surface area contributed by atoms with E-state index in [1.54, 1.807) is 18.6 Å². The van der Waals surface area contributed by atoms with Crippen LogP contribution in [0.25, 0.3) is 22.6 Å². The van der Waals surface area contributed by atoms with Gasteiger partial charge in [-0.3, -0.25) is 4.98 Å². The lowest BCUT2D eigenvalue weighted by Crippen LogP contribution is -2.31. The van der Waals surface area contributed by atoms with Crippen molar-refractivity contribution in [3.8, 4) is 11.4 Å². The number of hydrogen-bond acceptors (Lipinski definition) is 4. The number of anilines is 1. The summed E-state index contributed by atoms with van der Waals surface area (Å²) >= 11 is 0. The molecule has 1 aromatic carbocycles. The quantitative estimate of drug-likeness (QED) is 0.527. The van der Waals surface area contributed by atoms with Gasteiger partial charge in [-0.25, -0.2) is 14.8 Å². The molecule has 0 aliphatic carbocycles. The highest BCUT2D eigenvalue weighted by atomic mass is 16.2. The van der Waals surface area contributed by atoms with Crippen molar-refractivity contribution in [2.75, 3.05) is 11.9 Å². The summed E-state index contributed by atoms with van der Waals surface area (Å²) in [5.41, 5.74) is 4.57. The van der Waals surface area contributed by atoms with E-state index in [-0.39, 0.29) is 6.03 Å². The first-order valence-electron chi connectivity index (χ1n) is 9.60. The van der Waals surface area contributed by atoms with Crippen LogP contribution in [0.2, 0.25) is 0 Å². The number of fused-ring (bicyclic) bond motifs is 1. The van der Waals surface area contributed by atoms with Gasteiger partial charge in [-0.15, -0.1) is 0 Å². The molecule has 2 N–H and O–H groups in total. The van der Waals surface area contributed by atoms with Gasteiger partial charge in [0.25, 0.3) is 0 Å². The van der Waals surface area contributed by atoms with Crippen molar-refractivity contribution in [2.24, 2.45) is 0 Å². The van der Waals surface area contributed by atoms with Crippen molar-refractivity contribution in [1.82, 2.24) is 24.8 Å². The molecule has 29 heavy (non-hydrogen) atoms. The van der Waals surface area contributed by atoms with Crippen molar-refractivity contribution >= 4 is 22.9 Å². The maximum atomic E-state index is 12.2. The summed E-state index contributed by atoms with van der Waals surface area (Å²) in [6.45, 7) is 3.09. The number of benzene rings is 1. The number of amides is 2. The normalized spacial score (nSPS) is 10.8. The minimum atomic E-state index is -0.239. The Labute approximate surface area is 168 Å². The highest BCUT2D eigenvalue weighted by Gasteiger charge is 2.13. The summed E-state index contributed by atoms with van der Waals surface area (Å²) in [7, 11) is 0. The zero-order chi connectivity index (χ0) is 20.1. The zero-order valence-corrected chi connectivity index (χ0v) is 16.2. The summed E-state index contributed by atoms with van der Waals surface area (Å²) < 4.78 is 2.01. The van der Waals surface area contributed by atoms with E-state index in [4.69, 9.17) is 4.98 Å². The highest BCUT2D eigenvalue weighted by Crippen LogP contribution is 2.22. The van der Waals surface area contributed by atoms with E-state index < -0.39 is 0 Å². The Morgan fingerprint density at radius 2 is 1.83 bits per heavy atom. The molecule has 146 valence electrons. The Morgan fingerprint density at radius 1 is 1.03 bits per heavy atom. The first kappa shape index (κ1) is 18.6. The maximum absolute atomic E-state index is 12.2. The van der Waals surface area contributed by atoms with E-state index in [0.717, 1.165) is 34.7 Å². The molecule has 0 aliphatic rings. The molecule has 7 heteroatoms. The number of nitrogens with one attached hydrogen (secondary N) is 2. The molecule has 0 saturated carbocycles. The third-order valence-corrected chi connectivity index (χ3v) is 4.68. The average Bonchev–Trinajstić information content (AvgIpc) is 3.14. The first-order chi connectivity index (χ1) is 14.2. The molecule has 0 atom stereocenters. The smallest absolute Gasteiger partial charge is 0.319 e. The lowest BCUT2D eigenvalue weighted by atomic mass is 10.1. The number of imidazole rings is 1. The molecule has 0 unspecified atom stereocenters. The van der Waals surface area contributed by atoms with E-state index >= 15 is 0 Å². The predicted molar refractivity (Wildman–Crippen MR) is 114 cm³/mol. The Balaban J connectivity index is 1.46. The van der Waals surface area contributed by atoms with Crippen LogP contribution in [-0.4, -0.2) is 32.1 Å². The van der Waals surface area contributed by atoms with Crippen molar-refractivity contribution in [3.05, 3.63) is 72.7 Å². The van der Waals surface area contributed by atoms with Gasteiger partial charge in [-0.1, -0.05) is 19.1 Å². The topological polar surface area (TPSA) is 84.7 Å². The van der Waals surface area contributed by atoms with Crippen LogP contribution >= 0.6 is 0 Å². The molecule has 0 aliphatic heterocycles. The van der Waals surface area contributed by atoms with Crippen LogP contribution in [-0.2, 0) is 13.0 Å². The molecule has 4 rings (SSSR count). The third-order valence-electron chi connectivity index (χ3n) is 4.68. The van der Waals surface area contributed by atoms with Gasteiger partial charge in [0, 0.05) is 42.9 Å². The van der Waals surface area contributed by atoms with E-state index in [9.17, 15) is 4.79 Å². The average molecular weight is 386 g/mol. The number of nitrogens with zero attached hydrogens (tertiary/aromatic N) is 4. The standard InChI is InChI=1S/C22H22N6O/c1-2-16-5-7-18(8-6-16)26-22(29)25-14-15-28-20(17-9-12-23-13-10-17)27-19-4-3-11-24-21(19)28/h3-13H,2,14-15H2,1H3,(H2,25,26,29). The van der Waals surface area contributed by atoms with E-state index in [1.807, 2.05) is 53.1 Å². The molecule has 7 nitrogen and oxygen atoms in total. The van der Waals surface area contributed by atoms with Crippen LogP contribution in [0.15, 0.2) is 67.1 Å². The molecule has 3 aromatic heterocycles. The second kappa shape index (κ2) is 8.52. The second-order valence-corrected chi connectivity index (χ2v) is 6.60. The first-order valence-corrected chi connectivity index (χ1v) is 9.60. The minimum Gasteiger partial charge on any atom is -0.336 e. The van der Waals surface area contributed by atoms with Crippen molar-refractivity contribution in [1.29, 1.82) is 0 Å². The van der Waals surface area contributed by atoms with Crippen LogP contribution in [0.4, 0.5) is 10.5 Å². The van der Waals surface area contributed by atoms with Gasteiger partial charge < -0.3 is 15.2 Å². The van der Waals surface area contributed by atoms with E-state index in [2.05, 4.69) is 27.5 Å². The molecule has 0 bridgehead atoms. The van der Waals surface area contributed by atoms with Crippen LogP contribution in [0, 0.1) is 0 Å². The van der Waals surface area contributed by atoms with E-state index in [1.165, 1.54) is 5.56 Å². The number of carbonyl (C=O) groups is 1. The number of carbonyl (C=O) groups excluding carboxylic acids is 1. The zero-order valence-electron chi connectivity index (χ0n) is 16.2. The van der Waals surface area contributed by atoms with Crippen molar-refractivity contribution in [2.45, 2.75) is 19.9 Å². The van der Waals surface area contributed by atoms with Gasteiger partial charge in [0.2, 0.25) is 0 Å². The third kappa shape index (κ3) is 4.24. The second-order valence-electron chi connectivity index (χ2n) is 6.60. The van der Waals surface area contributed by atoms with E-state index in [0.29, 0.717) is 13.1 Å². The molecule has 0 spiro atoms. The van der Waals surface area contributed by atoms with Gasteiger partial charge in [0.05, 0.1) is 0 Å². The highest BCUT2D eigenvalue weighted by molar-refractivity contribution is 5.89. The van der Waals surface area contributed by atoms with Gasteiger partial charge >= 0.3 is 6.03 Å². The summed E-state index contributed by atoms with van der Waals surface area (Å²) in [5.74, 6) is 0.804. The minimum absolute atomic E-state index is 0.239. The molecule has 4 aromatic rings. The fourth-order valence-corrected chi connectivity index (χ4v) is 3.17. The summed E-state index contributed by atoms with van der Waals surface area (Å²) in [5, 5.41) is 5.76. The SMILES string of the molecule is CCc1ccc(NC(=O)NCCn2c(-c3ccncc3)nc3cccnc32)cc1. The van der Waals surface area contributed by atoms with Crippen molar-refractivity contribution < 1.29 is 4.79 Å². The predicted octanol–water partition coefficient (Wildman–Crippen LogP) is 3.88. The fourth-order valence-electron chi connectivity index (χ4n) is 3.17. The maximum Gasteiger partial charge on any atom is 0.319 e. The molecule has 0 saturated heterocycles. The Morgan fingerprint density at radius 3 is 2.59 bits per heavy atom. The van der Waals surface area contributed by atoms with Crippen LogP contribution < -0.4 is 10.6 Å². The van der Waals surface area contributed by atoms with Gasteiger partial charge in [-0.2, -0.15) is 0 Å². The number of aromatic nitrogens is 4. The van der Waals surface area contributed by atoms with Crippen LogP contribution in [0.3, 0.4) is 0 Å². The Hall–Kier alpha value is -3.74. The number of hydrogen-bond donors (Lipinski definition) is 2. The Bertz CT molecular complexity index is 1110. The monoisotopic (exact) mass is 386 g/mol. The number of aryl methyl sites for hydroxylation is 1. The van der Waals surface area contributed by atoms with Gasteiger partial charge in [0.1, 0.15) is 11.3 Å². The Kier molecular flexibility index (Phi) is 5.47. The largest absolute Gasteiger partial charge is 0.336 e. The molecule has 0 fully saturated rings. The summed E-state index contributed by atoms with van der Waals surface area (Å²) in [4.78, 5) is 25.5. The van der Waals surface area contributed by atoms with Crippen LogP contribution in [0.5, 0.6) is 0 Å². The molecular formula is C22H22N6O. The van der Waals surface area contributed by atoms with Gasteiger partial charge in [0.15, 0.2) is 5.65 Å². The summed E-state index contributed by atoms with van der Waals surface area (Å²) in [6, 6.07) is 15.2. The van der Waals surface area contributed by atoms with Crippen LogP contribution in [0.1, 0.15) is 12.5 Å². The molecule has 3 heterocycles. The molecular weight excluding hydrogens is 364 g/mol. The lowest BCUT2D eigenvalue weighted by molar-refractivity contribution is 0.251. The molecule has 2 amide bonds. The van der Waals surface area contributed by atoms with Crippen molar-refractivity contribution in [3.63, 3.8) is 0 Å². The summed E-state index contributed by atoms with van der Waals surface area (Å²) in [6.07, 6.45) is 6.19. The molecule has 0 radical (unpaired) electrons. The van der Waals surface area contributed by atoms with Gasteiger partial charge in [-0.05, 0) is 48.4 Å².